The van der Waals surface area contributed by atoms with Crippen molar-refractivity contribution in [3.63, 3.8) is 0 Å². The molecule has 0 bridgehead atoms. The maximum Gasteiger partial charge on any atom is 0.337 e. The molecule has 1 saturated heterocycles. The minimum atomic E-state index is -0.603. The van der Waals surface area contributed by atoms with Gasteiger partial charge in [-0.2, -0.15) is 0 Å². The molecule has 2 aliphatic heterocycles. The first-order valence-electron chi connectivity index (χ1n) is 9.87. The molecule has 2 aliphatic rings. The highest BCUT2D eigenvalue weighted by Gasteiger charge is 2.34. The van der Waals surface area contributed by atoms with Gasteiger partial charge in [-0.1, -0.05) is 0 Å². The number of carbonyl (C=O) groups is 3. The molecule has 2 atom stereocenters. The van der Waals surface area contributed by atoms with Crippen molar-refractivity contribution in [2.24, 2.45) is 0 Å². The van der Waals surface area contributed by atoms with Gasteiger partial charge in [-0.05, 0) is 38.1 Å². The Kier molecular flexibility index (Phi) is 6.73. The van der Waals surface area contributed by atoms with E-state index in [1.807, 2.05) is 13.8 Å². The predicted molar refractivity (Wildman–Crippen MR) is 109 cm³/mol. The van der Waals surface area contributed by atoms with E-state index >= 15 is 0 Å². The molecule has 0 saturated carbocycles. The number of aliphatic hydroxyl groups is 1. The second-order valence-electron chi connectivity index (χ2n) is 7.47. The molecular formula is C21H27N3O6. The van der Waals surface area contributed by atoms with Gasteiger partial charge in [-0.3, -0.25) is 9.59 Å². The number of benzene rings is 1. The van der Waals surface area contributed by atoms with Gasteiger partial charge in [0, 0.05) is 30.9 Å². The zero-order valence-electron chi connectivity index (χ0n) is 17.4. The Morgan fingerprint density at radius 3 is 2.40 bits per heavy atom. The number of methoxy groups -OCH3 is 1. The standard InChI is InChI=1S/C21H27N3O6/c1-13-10-24(11-14(2)30-13)19(26)15-4-6-16(7-5-15)22-18-17(21(28)29-3)12-23(8-9-25)20(18)27/h4-7,13-14,22,25H,8-12H2,1-3H3. The molecule has 1 aromatic carbocycles. The van der Waals surface area contributed by atoms with Gasteiger partial charge in [0.05, 0.1) is 38.0 Å². The van der Waals surface area contributed by atoms with Gasteiger partial charge in [0.15, 0.2) is 0 Å². The molecule has 2 N–H and O–H groups in total. The number of amides is 2. The second kappa shape index (κ2) is 9.27. The topological polar surface area (TPSA) is 108 Å². The number of nitrogens with one attached hydrogen (secondary N) is 1. The van der Waals surface area contributed by atoms with Gasteiger partial charge in [0.25, 0.3) is 11.8 Å². The molecule has 2 amide bonds. The van der Waals surface area contributed by atoms with E-state index in [0.29, 0.717) is 24.3 Å². The van der Waals surface area contributed by atoms with E-state index in [4.69, 9.17) is 14.6 Å². The molecule has 0 spiro atoms. The molecule has 0 radical (unpaired) electrons. The molecule has 2 unspecified atom stereocenters. The maximum atomic E-state index is 12.8. The molecule has 9 nitrogen and oxygen atoms in total. The summed E-state index contributed by atoms with van der Waals surface area (Å²) in [6.07, 6.45) is -0.0323. The minimum Gasteiger partial charge on any atom is -0.466 e. The number of esters is 1. The van der Waals surface area contributed by atoms with Crippen molar-refractivity contribution >= 4 is 23.5 Å². The Bertz CT molecular complexity index is 841. The molecule has 3 rings (SSSR count). The van der Waals surface area contributed by atoms with E-state index in [2.05, 4.69) is 5.32 Å². The highest BCUT2D eigenvalue weighted by molar-refractivity contribution is 6.08. The first-order chi connectivity index (χ1) is 14.3. The predicted octanol–water partition coefficient (Wildman–Crippen LogP) is 0.610. The highest BCUT2D eigenvalue weighted by atomic mass is 16.5. The Morgan fingerprint density at radius 1 is 1.20 bits per heavy atom. The Morgan fingerprint density at radius 2 is 1.83 bits per heavy atom. The minimum absolute atomic E-state index is 0.0161. The monoisotopic (exact) mass is 417 g/mol. The van der Waals surface area contributed by atoms with E-state index in [9.17, 15) is 14.4 Å². The number of ether oxygens (including phenoxy) is 2. The third-order valence-electron chi connectivity index (χ3n) is 5.06. The molecular weight excluding hydrogens is 390 g/mol. The highest BCUT2D eigenvalue weighted by Crippen LogP contribution is 2.23. The van der Waals surface area contributed by atoms with Crippen LogP contribution in [0.1, 0.15) is 24.2 Å². The number of hydrogen-bond acceptors (Lipinski definition) is 7. The summed E-state index contributed by atoms with van der Waals surface area (Å²) in [5, 5.41) is 12.1. The number of rotatable bonds is 6. The second-order valence-corrected chi connectivity index (χ2v) is 7.47. The van der Waals surface area contributed by atoms with Crippen LogP contribution in [0.2, 0.25) is 0 Å². The zero-order chi connectivity index (χ0) is 21.8. The Balaban J connectivity index is 1.75. The van der Waals surface area contributed by atoms with Crippen LogP contribution in [0.25, 0.3) is 0 Å². The zero-order valence-corrected chi connectivity index (χ0v) is 17.4. The number of β-amino-alcohol motifs (C(OH)–C–C–N with tert-alkyl or cyclic N) is 1. The molecule has 0 aliphatic carbocycles. The smallest absolute Gasteiger partial charge is 0.337 e. The lowest BCUT2D eigenvalue weighted by atomic mass is 10.1. The van der Waals surface area contributed by atoms with Crippen LogP contribution in [0.3, 0.4) is 0 Å². The van der Waals surface area contributed by atoms with Gasteiger partial charge < -0.3 is 29.7 Å². The average Bonchev–Trinajstić information content (AvgIpc) is 3.02. The van der Waals surface area contributed by atoms with Crippen LogP contribution in [0.5, 0.6) is 0 Å². The molecule has 162 valence electrons. The van der Waals surface area contributed by atoms with E-state index in [1.165, 1.54) is 12.0 Å². The number of nitrogens with zero attached hydrogens (tertiary/aromatic N) is 2. The molecule has 0 aromatic heterocycles. The normalized spacial score (nSPS) is 21.8. The Labute approximate surface area is 175 Å². The van der Waals surface area contributed by atoms with Crippen LogP contribution in [-0.4, -0.2) is 84.8 Å². The van der Waals surface area contributed by atoms with Gasteiger partial charge in [0.2, 0.25) is 0 Å². The Hall–Kier alpha value is -2.91. The van der Waals surface area contributed by atoms with Crippen LogP contribution < -0.4 is 5.32 Å². The fourth-order valence-corrected chi connectivity index (χ4v) is 3.72. The number of anilines is 1. The van der Waals surface area contributed by atoms with Crippen molar-refractivity contribution in [2.75, 3.05) is 45.2 Å². The lowest BCUT2D eigenvalue weighted by Gasteiger charge is -2.35. The number of aliphatic hydroxyl groups excluding tert-OH is 1. The fraction of sp³-hybridized carbons (Fsp3) is 0.476. The number of hydrogen-bond donors (Lipinski definition) is 2. The van der Waals surface area contributed by atoms with E-state index in [1.54, 1.807) is 29.2 Å². The van der Waals surface area contributed by atoms with Crippen molar-refractivity contribution in [3.05, 3.63) is 41.1 Å². The molecule has 2 heterocycles. The summed E-state index contributed by atoms with van der Waals surface area (Å²) in [6, 6.07) is 6.73. The third kappa shape index (κ3) is 4.63. The van der Waals surface area contributed by atoms with Crippen LogP contribution in [0.4, 0.5) is 5.69 Å². The lowest BCUT2D eigenvalue weighted by molar-refractivity contribution is -0.136. The van der Waals surface area contributed by atoms with Crippen molar-refractivity contribution in [1.29, 1.82) is 0 Å². The quantitative estimate of drug-likeness (QED) is 0.653. The third-order valence-corrected chi connectivity index (χ3v) is 5.06. The average molecular weight is 417 g/mol. The van der Waals surface area contributed by atoms with E-state index in [-0.39, 0.29) is 55.0 Å². The summed E-state index contributed by atoms with van der Waals surface area (Å²) < 4.78 is 10.4. The van der Waals surface area contributed by atoms with Crippen LogP contribution >= 0.6 is 0 Å². The van der Waals surface area contributed by atoms with Crippen molar-refractivity contribution in [3.8, 4) is 0 Å². The van der Waals surface area contributed by atoms with E-state index < -0.39 is 5.97 Å². The summed E-state index contributed by atoms with van der Waals surface area (Å²) in [5.41, 5.74) is 1.41. The lowest BCUT2D eigenvalue weighted by Crippen LogP contribution is -2.48. The van der Waals surface area contributed by atoms with Gasteiger partial charge in [-0.15, -0.1) is 0 Å². The van der Waals surface area contributed by atoms with Crippen LogP contribution in [0, 0.1) is 0 Å². The summed E-state index contributed by atoms with van der Waals surface area (Å²) in [6.45, 7) is 4.93. The van der Waals surface area contributed by atoms with Crippen LogP contribution in [-0.2, 0) is 19.1 Å². The first-order valence-corrected chi connectivity index (χ1v) is 9.87. The summed E-state index contributed by atoms with van der Waals surface area (Å²) in [7, 11) is 1.25. The number of carbonyl (C=O) groups excluding carboxylic acids is 3. The number of morpholine rings is 1. The van der Waals surface area contributed by atoms with Crippen LogP contribution in [0.15, 0.2) is 35.5 Å². The summed E-state index contributed by atoms with van der Waals surface area (Å²) in [4.78, 5) is 40.6. The van der Waals surface area contributed by atoms with Gasteiger partial charge >= 0.3 is 5.97 Å². The first kappa shape index (κ1) is 21.8. The van der Waals surface area contributed by atoms with Crippen molar-refractivity contribution in [2.45, 2.75) is 26.1 Å². The summed E-state index contributed by atoms with van der Waals surface area (Å²) in [5.74, 6) is -1.07. The molecule has 9 heteroatoms. The SMILES string of the molecule is COC(=O)C1=C(Nc2ccc(C(=O)N3CC(C)OC(C)C3)cc2)C(=O)N(CCO)C1. The molecule has 1 fully saturated rings. The van der Waals surface area contributed by atoms with Gasteiger partial charge in [0.1, 0.15) is 5.70 Å². The van der Waals surface area contributed by atoms with Crippen molar-refractivity contribution in [1.82, 2.24) is 9.80 Å². The maximum absolute atomic E-state index is 12.8. The van der Waals surface area contributed by atoms with Crippen molar-refractivity contribution < 1.29 is 29.0 Å². The summed E-state index contributed by atoms with van der Waals surface area (Å²) >= 11 is 0. The fourth-order valence-electron chi connectivity index (χ4n) is 3.72. The molecule has 1 aromatic rings. The molecule has 30 heavy (non-hydrogen) atoms. The van der Waals surface area contributed by atoms with E-state index in [0.717, 1.165) is 0 Å². The largest absolute Gasteiger partial charge is 0.466 e. The van der Waals surface area contributed by atoms with Gasteiger partial charge in [-0.25, -0.2) is 4.79 Å².